The van der Waals surface area contributed by atoms with E-state index >= 15 is 0 Å². The third-order valence-electron chi connectivity index (χ3n) is 3.32. The molecule has 0 radical (unpaired) electrons. The number of thiophene rings is 1. The van der Waals surface area contributed by atoms with Gasteiger partial charge in [-0.15, -0.1) is 11.3 Å². The number of piperidine rings is 1. The Morgan fingerprint density at radius 2 is 2.00 bits per heavy atom. The van der Waals surface area contributed by atoms with Crippen LogP contribution in [-0.4, -0.2) is 18.1 Å². The van der Waals surface area contributed by atoms with Crippen LogP contribution in [0.1, 0.15) is 19.3 Å². The minimum atomic E-state index is 0.612. The number of pyridine rings is 1. The van der Waals surface area contributed by atoms with E-state index in [4.69, 9.17) is 5.73 Å². The molecule has 0 bridgehead atoms. The van der Waals surface area contributed by atoms with E-state index in [1.54, 1.807) is 11.3 Å². The summed E-state index contributed by atoms with van der Waals surface area (Å²) >= 11 is 1.70. The number of nitrogen functional groups attached to an aromatic ring is 1. The van der Waals surface area contributed by atoms with E-state index in [-0.39, 0.29) is 0 Å². The maximum Gasteiger partial charge on any atom is 0.126 e. The van der Waals surface area contributed by atoms with Crippen molar-refractivity contribution in [2.75, 3.05) is 23.7 Å². The Hall–Kier alpha value is -1.55. The standard InChI is InChI=1S/C14H17N3S/c15-14-10-11(17-6-2-1-3-7-17)9-12(16-14)13-5-4-8-18-13/h4-5,8-10H,1-3,6-7H2,(H2,15,16). The molecule has 0 aliphatic carbocycles. The minimum absolute atomic E-state index is 0.612. The summed E-state index contributed by atoms with van der Waals surface area (Å²) in [5.41, 5.74) is 8.14. The predicted octanol–water partition coefficient (Wildman–Crippen LogP) is 3.38. The quantitative estimate of drug-likeness (QED) is 0.899. The van der Waals surface area contributed by atoms with Crippen molar-refractivity contribution >= 4 is 22.8 Å². The smallest absolute Gasteiger partial charge is 0.126 e. The molecular formula is C14H17N3S. The van der Waals surface area contributed by atoms with Crippen LogP contribution in [0.2, 0.25) is 0 Å². The highest BCUT2D eigenvalue weighted by Crippen LogP contribution is 2.29. The Bertz CT molecular complexity index is 516. The van der Waals surface area contributed by atoms with Gasteiger partial charge < -0.3 is 10.6 Å². The van der Waals surface area contributed by atoms with Crippen LogP contribution in [0.3, 0.4) is 0 Å². The molecule has 0 aromatic carbocycles. The molecule has 0 spiro atoms. The van der Waals surface area contributed by atoms with Gasteiger partial charge in [0.2, 0.25) is 0 Å². The first-order chi connectivity index (χ1) is 8.83. The Labute approximate surface area is 111 Å². The van der Waals surface area contributed by atoms with Gasteiger partial charge in [0.1, 0.15) is 5.82 Å². The number of hydrogen-bond donors (Lipinski definition) is 1. The Balaban J connectivity index is 1.95. The zero-order valence-corrected chi connectivity index (χ0v) is 11.1. The van der Waals surface area contributed by atoms with Gasteiger partial charge in [0.15, 0.2) is 0 Å². The monoisotopic (exact) mass is 259 g/mol. The molecule has 0 saturated carbocycles. The van der Waals surface area contributed by atoms with Gasteiger partial charge >= 0.3 is 0 Å². The number of rotatable bonds is 2. The first kappa shape index (κ1) is 11.5. The summed E-state index contributed by atoms with van der Waals surface area (Å²) in [5.74, 6) is 0.612. The van der Waals surface area contributed by atoms with Gasteiger partial charge in [-0.25, -0.2) is 4.98 Å². The predicted molar refractivity (Wildman–Crippen MR) is 78.0 cm³/mol. The lowest BCUT2D eigenvalue weighted by molar-refractivity contribution is 0.578. The fraction of sp³-hybridized carbons (Fsp3) is 0.357. The molecule has 3 rings (SSSR count). The van der Waals surface area contributed by atoms with E-state index < -0.39 is 0 Å². The average Bonchev–Trinajstić information content (AvgIpc) is 2.93. The van der Waals surface area contributed by atoms with Gasteiger partial charge in [-0.3, -0.25) is 0 Å². The summed E-state index contributed by atoms with van der Waals surface area (Å²) in [7, 11) is 0. The van der Waals surface area contributed by atoms with Crippen LogP contribution in [0, 0.1) is 0 Å². The molecule has 94 valence electrons. The van der Waals surface area contributed by atoms with Crippen molar-refractivity contribution < 1.29 is 0 Å². The molecular weight excluding hydrogens is 242 g/mol. The summed E-state index contributed by atoms with van der Waals surface area (Å²) < 4.78 is 0. The highest BCUT2D eigenvalue weighted by molar-refractivity contribution is 7.13. The van der Waals surface area contributed by atoms with Crippen LogP contribution in [0.15, 0.2) is 29.6 Å². The molecule has 0 amide bonds. The van der Waals surface area contributed by atoms with E-state index in [1.165, 1.54) is 29.8 Å². The van der Waals surface area contributed by atoms with E-state index in [2.05, 4.69) is 27.4 Å². The van der Waals surface area contributed by atoms with Crippen molar-refractivity contribution in [2.24, 2.45) is 0 Å². The van der Waals surface area contributed by atoms with Gasteiger partial charge in [-0.1, -0.05) is 6.07 Å². The molecule has 3 nitrogen and oxygen atoms in total. The lowest BCUT2D eigenvalue weighted by Gasteiger charge is -2.29. The molecule has 0 unspecified atom stereocenters. The van der Waals surface area contributed by atoms with E-state index in [0.717, 1.165) is 18.8 Å². The zero-order valence-electron chi connectivity index (χ0n) is 10.3. The van der Waals surface area contributed by atoms with Crippen molar-refractivity contribution in [1.82, 2.24) is 4.98 Å². The summed E-state index contributed by atoms with van der Waals surface area (Å²) in [6.07, 6.45) is 3.89. The fourth-order valence-electron chi connectivity index (χ4n) is 2.42. The van der Waals surface area contributed by atoms with Crippen molar-refractivity contribution in [2.45, 2.75) is 19.3 Å². The molecule has 2 N–H and O–H groups in total. The van der Waals surface area contributed by atoms with Crippen molar-refractivity contribution in [3.8, 4) is 10.6 Å². The second-order valence-corrected chi connectivity index (χ2v) is 5.61. The summed E-state index contributed by atoms with van der Waals surface area (Å²) in [6, 6.07) is 8.29. The molecule has 4 heteroatoms. The number of nitrogens with zero attached hydrogens (tertiary/aromatic N) is 2. The highest BCUT2D eigenvalue weighted by atomic mass is 32.1. The molecule has 2 aromatic rings. The maximum atomic E-state index is 5.94. The van der Waals surface area contributed by atoms with Crippen molar-refractivity contribution in [3.05, 3.63) is 29.6 Å². The molecule has 18 heavy (non-hydrogen) atoms. The molecule has 1 fully saturated rings. The second kappa shape index (κ2) is 4.98. The fourth-order valence-corrected chi connectivity index (χ4v) is 3.11. The van der Waals surface area contributed by atoms with Crippen LogP contribution < -0.4 is 10.6 Å². The average molecular weight is 259 g/mol. The van der Waals surface area contributed by atoms with Crippen LogP contribution in [0.25, 0.3) is 10.6 Å². The van der Waals surface area contributed by atoms with Gasteiger partial charge in [-0.05, 0) is 36.8 Å². The van der Waals surface area contributed by atoms with Gasteiger partial charge in [0.25, 0.3) is 0 Å². The molecule has 3 heterocycles. The molecule has 2 aromatic heterocycles. The normalized spacial score (nSPS) is 15.9. The van der Waals surface area contributed by atoms with E-state index in [0.29, 0.717) is 5.82 Å². The van der Waals surface area contributed by atoms with Crippen LogP contribution in [0.4, 0.5) is 11.5 Å². The maximum absolute atomic E-state index is 5.94. The molecule has 0 atom stereocenters. The lowest BCUT2D eigenvalue weighted by atomic mass is 10.1. The molecule has 1 aliphatic rings. The number of nitrogens with two attached hydrogens (primary N) is 1. The third kappa shape index (κ3) is 2.34. The first-order valence-electron chi connectivity index (χ1n) is 6.39. The minimum Gasteiger partial charge on any atom is -0.384 e. The van der Waals surface area contributed by atoms with Gasteiger partial charge in [-0.2, -0.15) is 0 Å². The largest absolute Gasteiger partial charge is 0.384 e. The molecule has 1 aliphatic heterocycles. The first-order valence-corrected chi connectivity index (χ1v) is 7.27. The van der Waals surface area contributed by atoms with Crippen molar-refractivity contribution in [1.29, 1.82) is 0 Å². The number of hydrogen-bond acceptors (Lipinski definition) is 4. The highest BCUT2D eigenvalue weighted by Gasteiger charge is 2.13. The SMILES string of the molecule is Nc1cc(N2CCCCC2)cc(-c2cccs2)n1. The van der Waals surface area contributed by atoms with E-state index in [9.17, 15) is 0 Å². The van der Waals surface area contributed by atoms with Crippen LogP contribution >= 0.6 is 11.3 Å². The van der Waals surface area contributed by atoms with E-state index in [1.807, 2.05) is 12.1 Å². The van der Waals surface area contributed by atoms with Gasteiger partial charge in [0.05, 0.1) is 10.6 Å². The topological polar surface area (TPSA) is 42.1 Å². The number of aromatic nitrogens is 1. The Morgan fingerprint density at radius 3 is 2.72 bits per heavy atom. The lowest BCUT2D eigenvalue weighted by Crippen LogP contribution is -2.29. The summed E-state index contributed by atoms with van der Waals surface area (Å²) in [4.78, 5) is 8.03. The van der Waals surface area contributed by atoms with Crippen molar-refractivity contribution in [3.63, 3.8) is 0 Å². The second-order valence-electron chi connectivity index (χ2n) is 4.66. The van der Waals surface area contributed by atoms with Gasteiger partial charge in [0, 0.05) is 24.8 Å². The number of anilines is 2. The Morgan fingerprint density at radius 1 is 1.17 bits per heavy atom. The van der Waals surface area contributed by atoms with Crippen LogP contribution in [-0.2, 0) is 0 Å². The summed E-state index contributed by atoms with van der Waals surface area (Å²) in [6.45, 7) is 2.26. The third-order valence-corrected chi connectivity index (χ3v) is 4.22. The summed E-state index contributed by atoms with van der Waals surface area (Å²) in [5, 5.41) is 2.07. The zero-order chi connectivity index (χ0) is 12.4. The molecule has 1 saturated heterocycles. The van der Waals surface area contributed by atoms with Crippen LogP contribution in [0.5, 0.6) is 0 Å². The Kier molecular flexibility index (Phi) is 3.19.